The molecule has 0 fully saturated rings. The molecule has 0 aliphatic heterocycles. The van der Waals surface area contributed by atoms with Crippen LogP contribution in [-0.4, -0.2) is 44.8 Å². The number of rotatable bonds is 9. The third-order valence-electron chi connectivity index (χ3n) is 2.29. The predicted molar refractivity (Wildman–Crippen MR) is 68.4 cm³/mol. The minimum Gasteiger partial charge on any atom is -0.370 e. The number of nitrogens with one attached hydrogen (secondary N) is 1. The highest BCUT2D eigenvalue weighted by atomic mass is 32.2. The second-order valence-electron chi connectivity index (χ2n) is 4.24. The summed E-state index contributed by atoms with van der Waals surface area (Å²) in [6, 6.07) is -0.823. The van der Waals surface area contributed by atoms with Crippen molar-refractivity contribution < 1.29 is 18.0 Å². The molecule has 0 aromatic heterocycles. The van der Waals surface area contributed by atoms with Gasteiger partial charge in [-0.05, 0) is 19.3 Å². The van der Waals surface area contributed by atoms with Crippen LogP contribution in [-0.2, 0) is 19.4 Å². The highest BCUT2D eigenvalue weighted by molar-refractivity contribution is 7.90. The van der Waals surface area contributed by atoms with E-state index in [1.165, 1.54) is 0 Å². The van der Waals surface area contributed by atoms with Gasteiger partial charge in [-0.2, -0.15) is 0 Å². The van der Waals surface area contributed by atoms with Crippen molar-refractivity contribution in [1.29, 1.82) is 0 Å². The van der Waals surface area contributed by atoms with E-state index in [4.69, 9.17) is 11.5 Å². The van der Waals surface area contributed by atoms with Gasteiger partial charge in [-0.15, -0.1) is 0 Å². The highest BCUT2D eigenvalue weighted by Crippen LogP contribution is 1.96. The molecule has 0 heterocycles. The summed E-state index contributed by atoms with van der Waals surface area (Å²) < 4.78 is 21.8. The largest absolute Gasteiger partial charge is 0.370 e. The van der Waals surface area contributed by atoms with Crippen LogP contribution in [0.5, 0.6) is 0 Å². The van der Waals surface area contributed by atoms with Gasteiger partial charge in [0.05, 0.1) is 11.8 Å². The number of nitrogens with two attached hydrogens (primary N) is 2. The molecule has 0 saturated carbocycles. The smallest absolute Gasteiger partial charge is 0.236 e. The van der Waals surface area contributed by atoms with E-state index in [2.05, 4.69) is 5.32 Å². The van der Waals surface area contributed by atoms with Crippen LogP contribution in [0.1, 0.15) is 25.7 Å². The minimum absolute atomic E-state index is 0.103. The first-order chi connectivity index (χ1) is 8.22. The molecule has 8 heteroatoms. The Bertz CT molecular complexity index is 381. The first-order valence-electron chi connectivity index (χ1n) is 5.71. The van der Waals surface area contributed by atoms with Crippen molar-refractivity contribution in [1.82, 2.24) is 5.32 Å². The molecule has 5 N–H and O–H groups in total. The zero-order valence-corrected chi connectivity index (χ0v) is 11.3. The summed E-state index contributed by atoms with van der Waals surface area (Å²) in [7, 11) is -3.10. The zero-order valence-electron chi connectivity index (χ0n) is 10.5. The molecule has 0 saturated heterocycles. The van der Waals surface area contributed by atoms with Crippen LogP contribution < -0.4 is 16.8 Å². The van der Waals surface area contributed by atoms with Crippen LogP contribution in [0.15, 0.2) is 0 Å². The van der Waals surface area contributed by atoms with Crippen LogP contribution in [0.3, 0.4) is 0 Å². The fourth-order valence-electron chi connectivity index (χ4n) is 1.24. The van der Waals surface area contributed by atoms with Crippen molar-refractivity contribution in [3.63, 3.8) is 0 Å². The number of carbonyl (C=O) groups is 2. The number of hydrogen-bond acceptors (Lipinski definition) is 5. The standard InChI is InChI=1S/C10H21N3O4S/c1-18(16,17)7-5-8(11)10(15)13-6-3-2-4-9(12)14/h8H,2-7,11H2,1H3,(H2,12,14)(H,13,15). The topological polar surface area (TPSA) is 132 Å². The van der Waals surface area contributed by atoms with Crippen molar-refractivity contribution in [2.75, 3.05) is 18.6 Å². The number of sulfone groups is 1. The maximum Gasteiger partial charge on any atom is 0.236 e. The Morgan fingerprint density at radius 2 is 1.89 bits per heavy atom. The molecular weight excluding hydrogens is 258 g/mol. The van der Waals surface area contributed by atoms with Crippen LogP contribution in [0, 0.1) is 0 Å². The van der Waals surface area contributed by atoms with Crippen molar-refractivity contribution in [3.8, 4) is 0 Å². The summed E-state index contributed by atoms with van der Waals surface area (Å²) in [4.78, 5) is 21.9. The zero-order chi connectivity index (χ0) is 14.2. The molecule has 0 radical (unpaired) electrons. The third kappa shape index (κ3) is 10.0. The molecule has 18 heavy (non-hydrogen) atoms. The fraction of sp³-hybridized carbons (Fsp3) is 0.800. The Morgan fingerprint density at radius 3 is 2.39 bits per heavy atom. The molecule has 0 aromatic rings. The number of amides is 2. The second-order valence-corrected chi connectivity index (χ2v) is 6.50. The summed E-state index contributed by atoms with van der Waals surface area (Å²) in [6.45, 7) is 0.401. The van der Waals surface area contributed by atoms with Gasteiger partial charge in [-0.3, -0.25) is 9.59 Å². The first kappa shape index (κ1) is 16.9. The van der Waals surface area contributed by atoms with E-state index in [1.807, 2.05) is 0 Å². The number of carbonyl (C=O) groups excluding carboxylic acids is 2. The van der Waals surface area contributed by atoms with Gasteiger partial charge < -0.3 is 16.8 Å². The van der Waals surface area contributed by atoms with Crippen LogP contribution in [0.4, 0.5) is 0 Å². The maximum atomic E-state index is 11.4. The van der Waals surface area contributed by atoms with Gasteiger partial charge in [0.1, 0.15) is 9.84 Å². The monoisotopic (exact) mass is 279 g/mol. The van der Waals surface area contributed by atoms with Gasteiger partial charge in [0.25, 0.3) is 0 Å². The molecule has 0 spiro atoms. The number of primary amides is 1. The van der Waals surface area contributed by atoms with Crippen LogP contribution in [0.2, 0.25) is 0 Å². The van der Waals surface area contributed by atoms with E-state index in [0.29, 0.717) is 19.4 Å². The van der Waals surface area contributed by atoms with Gasteiger partial charge in [0, 0.05) is 19.2 Å². The lowest BCUT2D eigenvalue weighted by Crippen LogP contribution is -2.41. The Labute approximate surface area is 107 Å². The van der Waals surface area contributed by atoms with E-state index in [1.54, 1.807) is 0 Å². The second kappa shape index (κ2) is 8.04. The lowest BCUT2D eigenvalue weighted by Gasteiger charge is -2.11. The Balaban J connectivity index is 3.72. The molecule has 0 bridgehead atoms. The van der Waals surface area contributed by atoms with Crippen LogP contribution in [0.25, 0.3) is 0 Å². The molecule has 106 valence electrons. The SMILES string of the molecule is CS(=O)(=O)CCC(N)C(=O)NCCCCC(N)=O. The Hall–Kier alpha value is -1.15. The fourth-order valence-corrected chi connectivity index (χ4v) is 1.92. The molecular formula is C10H21N3O4S. The van der Waals surface area contributed by atoms with E-state index >= 15 is 0 Å². The van der Waals surface area contributed by atoms with Crippen LogP contribution >= 0.6 is 0 Å². The third-order valence-corrected chi connectivity index (χ3v) is 3.26. The Morgan fingerprint density at radius 1 is 1.28 bits per heavy atom. The molecule has 0 aliphatic rings. The average Bonchev–Trinajstić information content (AvgIpc) is 2.23. The summed E-state index contributed by atoms with van der Waals surface area (Å²) in [5, 5.41) is 2.58. The molecule has 0 aliphatic carbocycles. The average molecular weight is 279 g/mol. The van der Waals surface area contributed by atoms with E-state index in [-0.39, 0.29) is 30.4 Å². The van der Waals surface area contributed by atoms with Crippen molar-refractivity contribution in [2.24, 2.45) is 11.5 Å². The van der Waals surface area contributed by atoms with Gasteiger partial charge in [0.2, 0.25) is 11.8 Å². The van der Waals surface area contributed by atoms with Gasteiger partial charge in [0.15, 0.2) is 0 Å². The van der Waals surface area contributed by atoms with Gasteiger partial charge in [-0.1, -0.05) is 0 Å². The molecule has 7 nitrogen and oxygen atoms in total. The highest BCUT2D eigenvalue weighted by Gasteiger charge is 2.15. The summed E-state index contributed by atoms with van der Waals surface area (Å²) >= 11 is 0. The normalized spacial score (nSPS) is 13.0. The number of hydrogen-bond donors (Lipinski definition) is 3. The summed E-state index contributed by atoms with van der Waals surface area (Å²) in [5.41, 5.74) is 10.5. The molecule has 1 atom stereocenters. The molecule has 1 unspecified atom stereocenters. The van der Waals surface area contributed by atoms with Crippen molar-refractivity contribution >= 4 is 21.7 Å². The van der Waals surface area contributed by atoms with E-state index in [9.17, 15) is 18.0 Å². The quantitative estimate of drug-likeness (QED) is 0.443. The summed E-state index contributed by atoms with van der Waals surface area (Å²) in [5.74, 6) is -0.854. The minimum atomic E-state index is -3.10. The van der Waals surface area contributed by atoms with Crippen molar-refractivity contribution in [2.45, 2.75) is 31.7 Å². The summed E-state index contributed by atoms with van der Waals surface area (Å²) in [6.07, 6.45) is 2.73. The van der Waals surface area contributed by atoms with E-state index < -0.39 is 15.9 Å². The lowest BCUT2D eigenvalue weighted by atomic mass is 10.2. The Kier molecular flexibility index (Phi) is 7.53. The van der Waals surface area contributed by atoms with E-state index in [0.717, 1.165) is 6.26 Å². The van der Waals surface area contributed by atoms with Gasteiger partial charge in [-0.25, -0.2) is 8.42 Å². The predicted octanol–water partition coefficient (Wildman–Crippen LogP) is -1.48. The lowest BCUT2D eigenvalue weighted by molar-refractivity contribution is -0.122. The molecule has 2 amide bonds. The van der Waals surface area contributed by atoms with Gasteiger partial charge >= 0.3 is 0 Å². The van der Waals surface area contributed by atoms with Crippen molar-refractivity contribution in [3.05, 3.63) is 0 Å². The molecule has 0 rings (SSSR count). The first-order valence-corrected chi connectivity index (χ1v) is 7.78. The maximum absolute atomic E-state index is 11.4. The number of unbranched alkanes of at least 4 members (excludes halogenated alkanes) is 1. The molecule has 0 aromatic carbocycles.